The van der Waals surface area contributed by atoms with E-state index in [1.165, 1.54) is 0 Å². The van der Waals surface area contributed by atoms with Crippen molar-refractivity contribution in [1.29, 1.82) is 0 Å². The third-order valence-corrected chi connectivity index (χ3v) is 2.42. The van der Waals surface area contributed by atoms with E-state index >= 15 is 0 Å². The van der Waals surface area contributed by atoms with E-state index in [0.717, 1.165) is 23.4 Å². The van der Waals surface area contributed by atoms with E-state index in [2.05, 4.69) is 5.32 Å². The Morgan fingerprint density at radius 2 is 1.71 bits per heavy atom. The fourth-order valence-corrected chi connectivity index (χ4v) is 1.48. The third-order valence-electron chi connectivity index (χ3n) is 2.42. The summed E-state index contributed by atoms with van der Waals surface area (Å²) in [5.74, 6) is -1.43. The van der Waals surface area contributed by atoms with Crippen LogP contribution >= 0.6 is 0 Å². The SMILES string of the molecule is Cc1ccc(Nc2cc(F)cc(F)c2N)cc1. The molecule has 0 saturated heterocycles. The smallest absolute Gasteiger partial charge is 0.151 e. The van der Waals surface area contributed by atoms with E-state index in [1.54, 1.807) is 0 Å². The average Bonchev–Trinajstić information content (AvgIpc) is 2.28. The number of aryl methyl sites for hydroxylation is 1. The molecule has 3 N–H and O–H groups in total. The van der Waals surface area contributed by atoms with Gasteiger partial charge in [0.25, 0.3) is 0 Å². The molecule has 0 bridgehead atoms. The third kappa shape index (κ3) is 2.53. The number of hydrogen-bond acceptors (Lipinski definition) is 2. The molecule has 0 fully saturated rings. The molecule has 2 aromatic rings. The molecule has 4 heteroatoms. The van der Waals surface area contributed by atoms with Crippen LogP contribution in [0.3, 0.4) is 0 Å². The highest BCUT2D eigenvalue weighted by Gasteiger charge is 2.08. The molecule has 2 nitrogen and oxygen atoms in total. The predicted octanol–water partition coefficient (Wildman–Crippen LogP) is 3.60. The lowest BCUT2D eigenvalue weighted by Crippen LogP contribution is -2.00. The van der Waals surface area contributed by atoms with Gasteiger partial charge in [-0.2, -0.15) is 0 Å². The average molecular weight is 234 g/mol. The molecule has 0 aliphatic heterocycles. The second kappa shape index (κ2) is 4.41. The maximum Gasteiger partial charge on any atom is 0.151 e. The van der Waals surface area contributed by atoms with Gasteiger partial charge in [0, 0.05) is 11.8 Å². The maximum atomic E-state index is 13.2. The molecule has 0 aromatic heterocycles. The first-order chi connectivity index (χ1) is 8.06. The van der Waals surface area contributed by atoms with E-state index in [-0.39, 0.29) is 11.4 Å². The van der Waals surface area contributed by atoms with E-state index in [4.69, 9.17) is 5.73 Å². The fourth-order valence-electron chi connectivity index (χ4n) is 1.48. The van der Waals surface area contributed by atoms with Crippen molar-refractivity contribution in [3.8, 4) is 0 Å². The van der Waals surface area contributed by atoms with Crippen molar-refractivity contribution < 1.29 is 8.78 Å². The zero-order valence-corrected chi connectivity index (χ0v) is 9.30. The minimum Gasteiger partial charge on any atom is -0.395 e. The van der Waals surface area contributed by atoms with Gasteiger partial charge in [-0.25, -0.2) is 8.78 Å². The molecular formula is C13H12F2N2. The summed E-state index contributed by atoms with van der Waals surface area (Å²) in [6, 6.07) is 9.35. The Hall–Kier alpha value is -2.10. The summed E-state index contributed by atoms with van der Waals surface area (Å²) in [5.41, 5.74) is 7.50. The Morgan fingerprint density at radius 1 is 1.06 bits per heavy atom. The first kappa shape index (κ1) is 11.4. The van der Waals surface area contributed by atoms with Crippen molar-refractivity contribution in [2.24, 2.45) is 0 Å². The van der Waals surface area contributed by atoms with Crippen LogP contribution in [0.15, 0.2) is 36.4 Å². The minimum atomic E-state index is -0.764. The van der Waals surface area contributed by atoms with Crippen LogP contribution in [-0.4, -0.2) is 0 Å². The van der Waals surface area contributed by atoms with Crippen LogP contribution in [0.25, 0.3) is 0 Å². The number of rotatable bonds is 2. The first-order valence-electron chi connectivity index (χ1n) is 5.14. The standard InChI is InChI=1S/C13H12F2N2/c1-8-2-4-10(5-3-8)17-12-7-9(14)6-11(15)13(12)16/h2-7,17H,16H2,1H3. The maximum absolute atomic E-state index is 13.2. The zero-order valence-electron chi connectivity index (χ0n) is 9.30. The van der Waals surface area contributed by atoms with Gasteiger partial charge in [0.1, 0.15) is 5.82 Å². The van der Waals surface area contributed by atoms with E-state index < -0.39 is 11.6 Å². The molecule has 0 aliphatic carbocycles. The Bertz CT molecular complexity index is 536. The van der Waals surface area contributed by atoms with Crippen molar-refractivity contribution in [1.82, 2.24) is 0 Å². The van der Waals surface area contributed by atoms with Crippen LogP contribution in [0.2, 0.25) is 0 Å². The van der Waals surface area contributed by atoms with Crippen molar-refractivity contribution >= 4 is 17.1 Å². The van der Waals surface area contributed by atoms with E-state index in [1.807, 2.05) is 31.2 Å². The van der Waals surface area contributed by atoms with Gasteiger partial charge in [-0.1, -0.05) is 17.7 Å². The summed E-state index contributed by atoms with van der Waals surface area (Å²) in [6.07, 6.45) is 0. The van der Waals surface area contributed by atoms with Gasteiger partial charge in [0.2, 0.25) is 0 Å². The van der Waals surface area contributed by atoms with Crippen LogP contribution in [0.4, 0.5) is 25.8 Å². The quantitative estimate of drug-likeness (QED) is 0.779. The van der Waals surface area contributed by atoms with Crippen LogP contribution in [0, 0.1) is 18.6 Å². The lowest BCUT2D eigenvalue weighted by molar-refractivity contribution is 0.587. The predicted molar refractivity (Wildman–Crippen MR) is 65.2 cm³/mol. The highest BCUT2D eigenvalue weighted by Crippen LogP contribution is 2.26. The first-order valence-corrected chi connectivity index (χ1v) is 5.14. The molecule has 2 aromatic carbocycles. The van der Waals surface area contributed by atoms with E-state index in [0.29, 0.717) is 0 Å². The van der Waals surface area contributed by atoms with Gasteiger partial charge in [0.05, 0.1) is 11.4 Å². The van der Waals surface area contributed by atoms with Gasteiger partial charge < -0.3 is 11.1 Å². The second-order valence-corrected chi connectivity index (χ2v) is 3.84. The highest BCUT2D eigenvalue weighted by molar-refractivity contribution is 5.73. The second-order valence-electron chi connectivity index (χ2n) is 3.84. The van der Waals surface area contributed by atoms with Crippen molar-refractivity contribution in [3.63, 3.8) is 0 Å². The van der Waals surface area contributed by atoms with Crippen LogP contribution in [0.1, 0.15) is 5.56 Å². The Labute approximate surface area is 98.1 Å². The highest BCUT2D eigenvalue weighted by atomic mass is 19.1. The summed E-state index contributed by atoms with van der Waals surface area (Å²) in [6.45, 7) is 1.96. The van der Waals surface area contributed by atoms with E-state index in [9.17, 15) is 8.78 Å². The van der Waals surface area contributed by atoms with Gasteiger partial charge in [0.15, 0.2) is 5.82 Å². The van der Waals surface area contributed by atoms with Gasteiger partial charge in [-0.3, -0.25) is 0 Å². The summed E-state index contributed by atoms with van der Waals surface area (Å²) >= 11 is 0. The molecule has 0 unspecified atom stereocenters. The molecule has 0 spiro atoms. The molecule has 0 atom stereocenters. The number of nitrogen functional groups attached to an aromatic ring is 1. The van der Waals surface area contributed by atoms with Crippen molar-refractivity contribution in [2.45, 2.75) is 6.92 Å². The van der Waals surface area contributed by atoms with Crippen LogP contribution < -0.4 is 11.1 Å². The lowest BCUT2D eigenvalue weighted by atomic mass is 10.2. The number of anilines is 3. The molecule has 0 saturated carbocycles. The Morgan fingerprint density at radius 3 is 2.35 bits per heavy atom. The molecule has 2 rings (SSSR count). The Kier molecular flexibility index (Phi) is 2.95. The summed E-state index contributed by atoms with van der Waals surface area (Å²) in [7, 11) is 0. The molecule has 0 heterocycles. The molecular weight excluding hydrogens is 222 g/mol. The normalized spacial score (nSPS) is 10.3. The summed E-state index contributed by atoms with van der Waals surface area (Å²) in [4.78, 5) is 0. The topological polar surface area (TPSA) is 38.0 Å². The number of nitrogens with one attached hydrogen (secondary N) is 1. The molecule has 88 valence electrons. The number of benzene rings is 2. The minimum absolute atomic E-state index is 0.0908. The zero-order chi connectivity index (χ0) is 12.4. The summed E-state index contributed by atoms with van der Waals surface area (Å²) < 4.78 is 26.2. The summed E-state index contributed by atoms with van der Waals surface area (Å²) in [5, 5.41) is 2.88. The lowest BCUT2D eigenvalue weighted by Gasteiger charge is -2.10. The van der Waals surface area contributed by atoms with Gasteiger partial charge in [-0.05, 0) is 25.1 Å². The number of halogens is 2. The monoisotopic (exact) mass is 234 g/mol. The van der Waals surface area contributed by atoms with Crippen molar-refractivity contribution in [2.75, 3.05) is 11.1 Å². The molecule has 17 heavy (non-hydrogen) atoms. The largest absolute Gasteiger partial charge is 0.395 e. The van der Waals surface area contributed by atoms with Crippen molar-refractivity contribution in [3.05, 3.63) is 53.6 Å². The molecule has 0 radical (unpaired) electrons. The van der Waals surface area contributed by atoms with Crippen LogP contribution in [-0.2, 0) is 0 Å². The number of hydrogen-bond donors (Lipinski definition) is 2. The number of nitrogens with two attached hydrogens (primary N) is 1. The fraction of sp³-hybridized carbons (Fsp3) is 0.0769. The molecule has 0 aliphatic rings. The van der Waals surface area contributed by atoms with Gasteiger partial charge >= 0.3 is 0 Å². The van der Waals surface area contributed by atoms with Gasteiger partial charge in [-0.15, -0.1) is 0 Å². The molecule has 0 amide bonds. The Balaban J connectivity index is 2.32. The van der Waals surface area contributed by atoms with Crippen LogP contribution in [0.5, 0.6) is 0 Å².